The fourth-order valence-corrected chi connectivity index (χ4v) is 3.75. The average molecular weight is 409 g/mol. The van der Waals surface area contributed by atoms with E-state index in [1.807, 2.05) is 24.4 Å². The van der Waals surface area contributed by atoms with Crippen LogP contribution in [0.5, 0.6) is 5.75 Å². The summed E-state index contributed by atoms with van der Waals surface area (Å²) in [6.07, 6.45) is 2.31. The summed E-state index contributed by atoms with van der Waals surface area (Å²) < 4.78 is 5.80. The quantitative estimate of drug-likeness (QED) is 0.525. The molecule has 29 heavy (non-hydrogen) atoms. The second-order valence-corrected chi connectivity index (χ2v) is 8.02. The van der Waals surface area contributed by atoms with Crippen molar-refractivity contribution in [1.29, 1.82) is 0 Å². The first kappa shape index (κ1) is 21.1. The minimum atomic E-state index is -0.0269. The van der Waals surface area contributed by atoms with Crippen LogP contribution in [0.15, 0.2) is 53.9 Å². The van der Waals surface area contributed by atoms with Gasteiger partial charge >= 0.3 is 0 Å². The van der Waals surface area contributed by atoms with E-state index in [-0.39, 0.29) is 18.4 Å². The van der Waals surface area contributed by atoms with Gasteiger partial charge in [-0.2, -0.15) is 0 Å². The number of carbonyl (C=O) groups excluding carboxylic acids is 1. The first-order chi connectivity index (χ1) is 14.1. The number of aromatic nitrogens is 1. The molecule has 5 heteroatoms. The second-order valence-electron chi connectivity index (χ2n) is 7.08. The molecule has 0 fully saturated rings. The molecule has 3 aromatic rings. The summed E-state index contributed by atoms with van der Waals surface area (Å²) in [5.41, 5.74) is 4.47. The van der Waals surface area contributed by atoms with Gasteiger partial charge in [0.2, 0.25) is 5.91 Å². The zero-order valence-corrected chi connectivity index (χ0v) is 18.1. The highest BCUT2D eigenvalue weighted by atomic mass is 32.1. The van der Waals surface area contributed by atoms with Gasteiger partial charge in [0.15, 0.2) is 0 Å². The van der Waals surface area contributed by atoms with E-state index < -0.39 is 0 Å². The van der Waals surface area contributed by atoms with E-state index >= 15 is 0 Å². The molecule has 0 unspecified atom stereocenters. The largest absolute Gasteiger partial charge is 0.486 e. The fourth-order valence-electron chi connectivity index (χ4n) is 3.05. The lowest BCUT2D eigenvalue weighted by Crippen LogP contribution is -2.28. The van der Waals surface area contributed by atoms with Gasteiger partial charge < -0.3 is 10.1 Å². The Balaban J connectivity index is 1.48. The second kappa shape index (κ2) is 10.2. The number of nitrogens with zero attached hydrogens (tertiary/aromatic N) is 1. The highest BCUT2D eigenvalue weighted by molar-refractivity contribution is 7.09. The molecule has 0 bridgehead atoms. The van der Waals surface area contributed by atoms with Crippen LogP contribution in [0.3, 0.4) is 0 Å². The van der Waals surface area contributed by atoms with Gasteiger partial charge in [-0.25, -0.2) is 4.98 Å². The van der Waals surface area contributed by atoms with E-state index in [2.05, 4.69) is 60.5 Å². The number of rotatable bonds is 9. The number of aryl methyl sites for hydroxylation is 2. The molecule has 0 saturated heterocycles. The van der Waals surface area contributed by atoms with Crippen LogP contribution in [0.1, 0.15) is 54.2 Å². The summed E-state index contributed by atoms with van der Waals surface area (Å²) in [7, 11) is 0. The molecular formula is C24H28N2O2S. The van der Waals surface area contributed by atoms with Gasteiger partial charge in [-0.05, 0) is 48.6 Å². The minimum Gasteiger partial charge on any atom is -0.486 e. The van der Waals surface area contributed by atoms with Crippen LogP contribution in [0.2, 0.25) is 0 Å². The smallest absolute Gasteiger partial charge is 0.226 e. The zero-order chi connectivity index (χ0) is 20.6. The van der Waals surface area contributed by atoms with E-state index in [0.29, 0.717) is 6.61 Å². The maximum atomic E-state index is 12.4. The van der Waals surface area contributed by atoms with Crippen LogP contribution in [-0.4, -0.2) is 10.9 Å². The Bertz CT molecular complexity index is 917. The van der Waals surface area contributed by atoms with Gasteiger partial charge in [-0.3, -0.25) is 4.79 Å². The molecule has 1 heterocycles. The Labute approximate surface area is 177 Å². The predicted molar refractivity (Wildman–Crippen MR) is 118 cm³/mol. The molecule has 4 nitrogen and oxygen atoms in total. The number of hydrogen-bond acceptors (Lipinski definition) is 4. The third kappa shape index (κ3) is 6.16. The molecule has 0 radical (unpaired) electrons. The lowest BCUT2D eigenvalue weighted by atomic mass is 10.0. The van der Waals surface area contributed by atoms with Crippen molar-refractivity contribution in [3.8, 4) is 5.75 Å². The van der Waals surface area contributed by atoms with Crippen LogP contribution in [0.4, 0.5) is 0 Å². The number of benzene rings is 2. The van der Waals surface area contributed by atoms with Crippen LogP contribution >= 0.6 is 11.3 Å². The maximum absolute atomic E-state index is 12.4. The molecule has 0 aliphatic carbocycles. The van der Waals surface area contributed by atoms with Crippen LogP contribution < -0.4 is 10.1 Å². The van der Waals surface area contributed by atoms with Crippen molar-refractivity contribution < 1.29 is 9.53 Å². The SMILES string of the molecule is CCc1ccc(OCc2nc(CC(=O)N[C@@H](C)c3ccc(CC)cc3)cs2)cc1. The van der Waals surface area contributed by atoms with Crippen molar-refractivity contribution in [2.45, 2.75) is 52.7 Å². The highest BCUT2D eigenvalue weighted by Gasteiger charge is 2.12. The maximum Gasteiger partial charge on any atom is 0.226 e. The van der Waals surface area contributed by atoms with Crippen molar-refractivity contribution in [3.05, 3.63) is 81.3 Å². The molecule has 1 N–H and O–H groups in total. The molecule has 3 rings (SSSR count). The minimum absolute atomic E-state index is 0.0232. The number of hydrogen-bond donors (Lipinski definition) is 1. The van der Waals surface area contributed by atoms with Crippen LogP contribution in [-0.2, 0) is 30.7 Å². The average Bonchev–Trinajstić information content (AvgIpc) is 3.19. The van der Waals surface area contributed by atoms with Gasteiger partial charge in [0, 0.05) is 5.38 Å². The molecule has 0 spiro atoms. The van der Waals surface area contributed by atoms with Crippen LogP contribution in [0.25, 0.3) is 0 Å². The topological polar surface area (TPSA) is 51.2 Å². The van der Waals surface area contributed by atoms with E-state index in [9.17, 15) is 4.79 Å². The number of amides is 1. The molecule has 152 valence electrons. The number of ether oxygens (including phenoxy) is 1. The van der Waals surface area contributed by atoms with Gasteiger partial charge in [0.25, 0.3) is 0 Å². The Morgan fingerprint density at radius 3 is 2.28 bits per heavy atom. The first-order valence-corrected chi connectivity index (χ1v) is 11.0. The van der Waals surface area contributed by atoms with Crippen molar-refractivity contribution in [2.75, 3.05) is 0 Å². The highest BCUT2D eigenvalue weighted by Crippen LogP contribution is 2.18. The Kier molecular flexibility index (Phi) is 7.42. The summed E-state index contributed by atoms with van der Waals surface area (Å²) in [5, 5.41) is 5.86. The molecule has 1 aromatic heterocycles. The van der Waals surface area contributed by atoms with Gasteiger partial charge in [-0.15, -0.1) is 11.3 Å². The van der Waals surface area contributed by atoms with Gasteiger partial charge in [0.05, 0.1) is 18.2 Å². The normalized spacial score (nSPS) is 11.8. The van der Waals surface area contributed by atoms with Gasteiger partial charge in [-0.1, -0.05) is 50.2 Å². The summed E-state index contributed by atoms with van der Waals surface area (Å²) in [6.45, 7) is 6.68. The first-order valence-electron chi connectivity index (χ1n) is 10.1. The predicted octanol–water partition coefficient (Wildman–Crippen LogP) is 5.27. The summed E-state index contributed by atoms with van der Waals surface area (Å²) in [4.78, 5) is 16.9. The Morgan fingerprint density at radius 2 is 1.66 bits per heavy atom. The molecular weight excluding hydrogens is 380 g/mol. The lowest BCUT2D eigenvalue weighted by molar-refractivity contribution is -0.121. The van der Waals surface area contributed by atoms with E-state index in [1.54, 1.807) is 0 Å². The van der Waals surface area contributed by atoms with E-state index in [1.165, 1.54) is 22.5 Å². The molecule has 0 aliphatic rings. The number of nitrogens with one attached hydrogen (secondary N) is 1. The Hall–Kier alpha value is -2.66. The van der Waals surface area contributed by atoms with Crippen LogP contribution in [0, 0.1) is 0 Å². The number of thiazole rings is 1. The van der Waals surface area contributed by atoms with E-state index in [4.69, 9.17) is 4.74 Å². The monoisotopic (exact) mass is 408 g/mol. The molecule has 0 saturated carbocycles. The summed E-state index contributed by atoms with van der Waals surface area (Å²) in [6, 6.07) is 16.5. The van der Waals surface area contributed by atoms with Gasteiger partial charge in [0.1, 0.15) is 17.4 Å². The third-order valence-electron chi connectivity index (χ3n) is 4.90. The van der Waals surface area contributed by atoms with Crippen molar-refractivity contribution in [3.63, 3.8) is 0 Å². The fraction of sp³-hybridized carbons (Fsp3) is 0.333. The van der Waals surface area contributed by atoms with Crippen molar-refractivity contribution in [1.82, 2.24) is 10.3 Å². The Morgan fingerprint density at radius 1 is 1.03 bits per heavy atom. The van der Waals surface area contributed by atoms with E-state index in [0.717, 1.165) is 34.9 Å². The lowest BCUT2D eigenvalue weighted by Gasteiger charge is -2.14. The standard InChI is InChI=1S/C24H28N2O2S/c1-4-18-6-10-20(11-7-18)17(3)25-23(27)14-21-16-29-24(26-21)15-28-22-12-8-19(5-2)9-13-22/h6-13,16-17H,4-5,14-15H2,1-3H3,(H,25,27)/t17-/m0/s1. The molecule has 1 amide bonds. The van der Waals surface area contributed by atoms with Crippen molar-refractivity contribution in [2.24, 2.45) is 0 Å². The summed E-state index contributed by atoms with van der Waals surface area (Å²) >= 11 is 1.52. The third-order valence-corrected chi connectivity index (χ3v) is 5.77. The molecule has 1 atom stereocenters. The molecule has 0 aliphatic heterocycles. The number of carbonyl (C=O) groups is 1. The molecule has 2 aromatic carbocycles. The summed E-state index contributed by atoms with van der Waals surface area (Å²) in [5.74, 6) is 0.810. The van der Waals surface area contributed by atoms with Crippen molar-refractivity contribution >= 4 is 17.2 Å². The zero-order valence-electron chi connectivity index (χ0n) is 17.3.